The van der Waals surface area contributed by atoms with Gasteiger partial charge in [-0.25, -0.2) is 0 Å². The Morgan fingerprint density at radius 3 is 2.75 bits per heavy atom. The van der Waals surface area contributed by atoms with Gasteiger partial charge in [0.05, 0.1) is 21.4 Å². The Morgan fingerprint density at radius 2 is 2.06 bits per heavy atom. The number of nitrogens with one attached hydrogen (secondary N) is 1. The van der Waals surface area contributed by atoms with Crippen LogP contribution < -0.4 is 10.1 Å². The number of amides is 1. The minimum Gasteiger partial charge on any atom is -0.482 e. The molecule has 0 bridgehead atoms. The van der Waals surface area contributed by atoms with E-state index in [0.717, 1.165) is 11.3 Å². The number of aromatic nitrogens is 3. The molecule has 3 rings (SSSR count). The van der Waals surface area contributed by atoms with Crippen LogP contribution in [0.4, 0.5) is 11.4 Å². The Bertz CT molecular complexity index is 1140. The molecular formula is C21H22ClN5O4S. The number of hydrogen-bond acceptors (Lipinski definition) is 7. The Labute approximate surface area is 194 Å². The number of aryl methyl sites for hydroxylation is 1. The lowest BCUT2D eigenvalue weighted by atomic mass is 10.2. The van der Waals surface area contributed by atoms with Gasteiger partial charge in [-0.2, -0.15) is 0 Å². The molecule has 2 aromatic carbocycles. The van der Waals surface area contributed by atoms with E-state index >= 15 is 0 Å². The summed E-state index contributed by atoms with van der Waals surface area (Å²) < 4.78 is 7.94. The van der Waals surface area contributed by atoms with Crippen molar-refractivity contribution in [2.24, 2.45) is 0 Å². The molecule has 0 fully saturated rings. The molecule has 1 atom stereocenters. The number of non-ortho nitro benzene ring substituents is 1. The van der Waals surface area contributed by atoms with Crippen molar-refractivity contribution in [1.82, 2.24) is 14.8 Å². The van der Waals surface area contributed by atoms with E-state index in [1.807, 2.05) is 49.6 Å². The zero-order chi connectivity index (χ0) is 23.3. The highest BCUT2D eigenvalue weighted by Gasteiger charge is 2.20. The molecule has 0 saturated carbocycles. The van der Waals surface area contributed by atoms with Gasteiger partial charge in [0.2, 0.25) is 5.91 Å². The predicted octanol–water partition coefficient (Wildman–Crippen LogP) is 5.04. The van der Waals surface area contributed by atoms with Crippen LogP contribution in [0, 0.1) is 17.0 Å². The molecule has 9 nitrogen and oxygen atoms in total. The van der Waals surface area contributed by atoms with Crippen molar-refractivity contribution in [2.75, 3.05) is 11.1 Å². The van der Waals surface area contributed by atoms with Crippen molar-refractivity contribution in [3.05, 3.63) is 69.0 Å². The molecule has 3 aromatic rings. The number of rotatable bonds is 9. The summed E-state index contributed by atoms with van der Waals surface area (Å²) in [7, 11) is 0. The van der Waals surface area contributed by atoms with Crippen molar-refractivity contribution in [3.8, 4) is 5.75 Å². The molecule has 11 heteroatoms. The van der Waals surface area contributed by atoms with E-state index in [4.69, 9.17) is 16.3 Å². The molecule has 0 spiro atoms. The average Bonchev–Trinajstić information content (AvgIpc) is 3.18. The summed E-state index contributed by atoms with van der Waals surface area (Å²) >= 11 is 7.25. The lowest BCUT2D eigenvalue weighted by molar-refractivity contribution is -0.384. The van der Waals surface area contributed by atoms with Crippen molar-refractivity contribution in [2.45, 2.75) is 38.6 Å². The van der Waals surface area contributed by atoms with Gasteiger partial charge in [0, 0.05) is 18.7 Å². The minimum absolute atomic E-state index is 0.0319. The van der Waals surface area contributed by atoms with Gasteiger partial charge < -0.3 is 14.6 Å². The van der Waals surface area contributed by atoms with E-state index < -0.39 is 4.92 Å². The van der Waals surface area contributed by atoms with Crippen molar-refractivity contribution >= 4 is 40.6 Å². The fourth-order valence-electron chi connectivity index (χ4n) is 2.98. The van der Waals surface area contributed by atoms with E-state index in [2.05, 4.69) is 15.5 Å². The number of carbonyl (C=O) groups is 1. The molecule has 0 aliphatic carbocycles. The summed E-state index contributed by atoms with van der Waals surface area (Å²) in [6.07, 6.45) is -0.338. The molecule has 1 amide bonds. The molecule has 0 radical (unpaired) electrons. The number of nitrogens with zero attached hydrogens (tertiary/aromatic N) is 4. The van der Waals surface area contributed by atoms with Crippen LogP contribution in [0.2, 0.25) is 5.02 Å². The molecule has 1 heterocycles. The highest BCUT2D eigenvalue weighted by Crippen LogP contribution is 2.28. The molecule has 1 unspecified atom stereocenters. The standard InChI is InChI=1S/C21H22ClN5O4S/c1-4-26-20(14(3)31-18-8-6-5-7-13(18)2)24-25-21(26)32-12-19(28)23-17-11-15(27(29)30)9-10-16(17)22/h5-11,14H,4,12H2,1-3H3,(H,23,28). The molecule has 168 valence electrons. The summed E-state index contributed by atoms with van der Waals surface area (Å²) in [5.74, 6) is 1.09. The summed E-state index contributed by atoms with van der Waals surface area (Å²) in [5, 5.41) is 22.8. The highest BCUT2D eigenvalue weighted by atomic mass is 35.5. The average molecular weight is 476 g/mol. The maximum absolute atomic E-state index is 12.4. The Kier molecular flexibility index (Phi) is 7.70. The first-order chi connectivity index (χ1) is 15.3. The number of hydrogen-bond donors (Lipinski definition) is 1. The second kappa shape index (κ2) is 10.5. The van der Waals surface area contributed by atoms with Gasteiger partial charge >= 0.3 is 0 Å². The number of para-hydroxylation sites is 1. The SMILES string of the molecule is CCn1c(SCC(=O)Nc2cc([N+](=O)[O-])ccc2Cl)nnc1C(C)Oc1ccccc1C. The Balaban J connectivity index is 1.66. The van der Waals surface area contributed by atoms with Gasteiger partial charge in [0.1, 0.15) is 5.75 Å². The molecular weight excluding hydrogens is 454 g/mol. The summed E-state index contributed by atoms with van der Waals surface area (Å²) in [5.41, 5.74) is 1.05. The van der Waals surface area contributed by atoms with E-state index in [1.54, 1.807) is 0 Å². The Hall–Kier alpha value is -3.11. The summed E-state index contributed by atoms with van der Waals surface area (Å²) in [4.78, 5) is 22.8. The third-order valence-electron chi connectivity index (χ3n) is 4.59. The number of nitro groups is 1. The molecule has 1 N–H and O–H groups in total. The second-order valence-electron chi connectivity index (χ2n) is 6.87. The van der Waals surface area contributed by atoms with Gasteiger partial charge in [-0.15, -0.1) is 10.2 Å². The van der Waals surface area contributed by atoms with Crippen LogP contribution in [0.5, 0.6) is 5.75 Å². The number of thioether (sulfide) groups is 1. The summed E-state index contributed by atoms with van der Waals surface area (Å²) in [6, 6.07) is 11.6. The first-order valence-corrected chi connectivity index (χ1v) is 11.2. The van der Waals surface area contributed by atoms with Gasteiger partial charge in [-0.05, 0) is 38.5 Å². The summed E-state index contributed by atoms with van der Waals surface area (Å²) in [6.45, 7) is 6.43. The van der Waals surface area contributed by atoms with Crippen LogP contribution >= 0.6 is 23.4 Å². The lowest BCUT2D eigenvalue weighted by Gasteiger charge is -2.17. The maximum Gasteiger partial charge on any atom is 0.271 e. The zero-order valence-electron chi connectivity index (χ0n) is 17.7. The van der Waals surface area contributed by atoms with Crippen LogP contribution in [-0.2, 0) is 11.3 Å². The number of anilines is 1. The number of benzene rings is 2. The predicted molar refractivity (Wildman–Crippen MR) is 123 cm³/mol. The molecule has 1 aromatic heterocycles. The normalized spacial score (nSPS) is 11.8. The Morgan fingerprint density at radius 1 is 1.31 bits per heavy atom. The third-order valence-corrected chi connectivity index (χ3v) is 5.89. The molecule has 0 aliphatic heterocycles. The quantitative estimate of drug-likeness (QED) is 0.262. The van der Waals surface area contributed by atoms with Crippen molar-refractivity contribution in [3.63, 3.8) is 0 Å². The van der Waals surface area contributed by atoms with Crippen LogP contribution in [-0.4, -0.2) is 31.3 Å². The van der Waals surface area contributed by atoms with E-state index in [9.17, 15) is 14.9 Å². The first-order valence-electron chi connectivity index (χ1n) is 9.82. The number of halogens is 1. The van der Waals surface area contributed by atoms with Crippen LogP contribution in [0.3, 0.4) is 0 Å². The topological polar surface area (TPSA) is 112 Å². The fraction of sp³-hybridized carbons (Fsp3) is 0.286. The molecule has 32 heavy (non-hydrogen) atoms. The van der Waals surface area contributed by atoms with Gasteiger partial charge in [0.15, 0.2) is 17.1 Å². The van der Waals surface area contributed by atoms with Crippen LogP contribution in [0.1, 0.15) is 31.3 Å². The lowest BCUT2D eigenvalue weighted by Crippen LogP contribution is -2.16. The molecule has 0 saturated heterocycles. The van der Waals surface area contributed by atoms with E-state index in [1.165, 1.54) is 30.0 Å². The first kappa shape index (κ1) is 23.6. The van der Waals surface area contributed by atoms with Crippen LogP contribution in [0.25, 0.3) is 0 Å². The van der Waals surface area contributed by atoms with Gasteiger partial charge in [-0.3, -0.25) is 14.9 Å². The second-order valence-corrected chi connectivity index (χ2v) is 8.22. The van der Waals surface area contributed by atoms with Crippen LogP contribution in [0.15, 0.2) is 47.6 Å². The number of carbonyl (C=O) groups excluding carboxylic acids is 1. The molecule has 0 aliphatic rings. The van der Waals surface area contributed by atoms with Gasteiger partial charge in [0.25, 0.3) is 5.69 Å². The van der Waals surface area contributed by atoms with Gasteiger partial charge in [-0.1, -0.05) is 41.6 Å². The van der Waals surface area contributed by atoms with Crippen molar-refractivity contribution in [1.29, 1.82) is 0 Å². The maximum atomic E-state index is 12.4. The number of ether oxygens (including phenoxy) is 1. The fourth-order valence-corrected chi connectivity index (χ4v) is 3.95. The van der Waals surface area contributed by atoms with Crippen molar-refractivity contribution < 1.29 is 14.5 Å². The number of nitro benzene ring substituents is 1. The third kappa shape index (κ3) is 5.57. The minimum atomic E-state index is -0.549. The van der Waals surface area contributed by atoms with E-state index in [-0.39, 0.29) is 34.2 Å². The smallest absolute Gasteiger partial charge is 0.271 e. The van der Waals surface area contributed by atoms with E-state index in [0.29, 0.717) is 17.5 Å². The largest absolute Gasteiger partial charge is 0.482 e. The zero-order valence-corrected chi connectivity index (χ0v) is 19.3. The monoisotopic (exact) mass is 475 g/mol. The highest BCUT2D eigenvalue weighted by molar-refractivity contribution is 7.99.